The van der Waals surface area contributed by atoms with Gasteiger partial charge in [-0.25, -0.2) is 0 Å². The van der Waals surface area contributed by atoms with Gasteiger partial charge in [-0.3, -0.25) is 0 Å². The van der Waals surface area contributed by atoms with Gasteiger partial charge in [0.1, 0.15) is 0 Å². The van der Waals surface area contributed by atoms with Gasteiger partial charge < -0.3 is 0 Å². The molecule has 1 aliphatic rings. The van der Waals surface area contributed by atoms with Crippen molar-refractivity contribution in [2.45, 2.75) is 0 Å². The third-order valence-electron chi connectivity index (χ3n) is 3.24. The van der Waals surface area contributed by atoms with Gasteiger partial charge in [0, 0.05) is 0 Å². The number of hydrogen-bond acceptors (Lipinski definition) is 0. The van der Waals surface area contributed by atoms with Gasteiger partial charge in [0.2, 0.25) is 9.73 Å². The maximum absolute atomic E-state index is 2.23. The predicted octanol–water partition coefficient (Wildman–Crippen LogP) is 2.56. The molecule has 0 unspecified atom stereocenters. The molecule has 0 nitrogen and oxygen atoms in total. The first-order valence-corrected chi connectivity index (χ1v) is 8.33. The third-order valence-corrected chi connectivity index (χ3v) is 4.94. The van der Waals surface area contributed by atoms with Crippen molar-refractivity contribution in [3.8, 4) is 0 Å². The van der Waals surface area contributed by atoms with Gasteiger partial charge in [0.05, 0.1) is 22.3 Å². The molecule has 2 heteroatoms. The molecule has 0 N–H and O–H groups in total. The lowest BCUT2D eigenvalue weighted by atomic mass is 9.86. The van der Waals surface area contributed by atoms with Crippen LogP contribution in [0.15, 0.2) is 48.5 Å². The topological polar surface area (TPSA) is 0 Å². The van der Waals surface area contributed by atoms with Crippen LogP contribution in [0.5, 0.6) is 0 Å². The normalized spacial score (nSPS) is 12.8. The standard InChI is InChI=1S/C16H14S2/c1-17-15-11-7-3-5-9-13(11)16(18-2)14-10-6-4-8-12(14)15/h3-10H,1-2H3/q+2. The maximum atomic E-state index is 2.23. The van der Waals surface area contributed by atoms with Crippen LogP contribution in [-0.4, -0.2) is 22.2 Å². The highest BCUT2D eigenvalue weighted by Gasteiger charge is 2.34. The highest BCUT2D eigenvalue weighted by atomic mass is 32.1. The second-order valence-corrected chi connectivity index (χ2v) is 5.79. The molecule has 2 aromatic rings. The minimum Gasteiger partial charge on any atom is -0.0614 e. The molecule has 0 bridgehead atoms. The molecule has 0 atom stereocenters. The molecule has 0 spiro atoms. The van der Waals surface area contributed by atoms with Gasteiger partial charge >= 0.3 is 0 Å². The van der Waals surface area contributed by atoms with E-state index >= 15 is 0 Å². The molecule has 1 aliphatic carbocycles. The van der Waals surface area contributed by atoms with Crippen LogP contribution in [-0.2, 0) is 22.7 Å². The summed E-state index contributed by atoms with van der Waals surface area (Å²) in [5.41, 5.74) is 5.47. The molecule has 0 aliphatic heterocycles. The summed E-state index contributed by atoms with van der Waals surface area (Å²) in [6, 6.07) is 17.4. The molecule has 0 heterocycles. The molecule has 0 radical (unpaired) electrons. The van der Waals surface area contributed by atoms with Crippen molar-refractivity contribution in [2.75, 3.05) is 12.5 Å². The SMILES string of the molecule is C[S+]=C1c2ccccc2C(=[S+]C)c2ccccc21. The summed E-state index contributed by atoms with van der Waals surface area (Å²) in [6.07, 6.45) is 4.32. The van der Waals surface area contributed by atoms with Gasteiger partial charge in [-0.2, -0.15) is 0 Å². The molecular formula is C16H14S2+2. The lowest BCUT2D eigenvalue weighted by Gasteiger charge is -2.14. The third kappa shape index (κ3) is 1.64. The predicted molar refractivity (Wildman–Crippen MR) is 85.9 cm³/mol. The highest BCUT2D eigenvalue weighted by molar-refractivity contribution is 7.80. The Kier molecular flexibility index (Phi) is 3.06. The van der Waals surface area contributed by atoms with Gasteiger partial charge in [0.25, 0.3) is 0 Å². The van der Waals surface area contributed by atoms with Crippen LogP contribution in [0.3, 0.4) is 0 Å². The van der Waals surface area contributed by atoms with E-state index in [1.165, 1.54) is 32.0 Å². The van der Waals surface area contributed by atoms with E-state index in [-0.39, 0.29) is 0 Å². The van der Waals surface area contributed by atoms with Gasteiger partial charge in [0.15, 0.2) is 35.2 Å². The van der Waals surface area contributed by atoms with E-state index in [4.69, 9.17) is 0 Å². The quantitative estimate of drug-likeness (QED) is 0.435. The molecule has 0 amide bonds. The molecule has 3 rings (SSSR count). The lowest BCUT2D eigenvalue weighted by molar-refractivity contribution is 1.53. The van der Waals surface area contributed by atoms with Crippen molar-refractivity contribution in [1.29, 1.82) is 0 Å². The molecule has 18 heavy (non-hydrogen) atoms. The monoisotopic (exact) mass is 270 g/mol. The molecule has 88 valence electrons. The summed E-state index contributed by atoms with van der Waals surface area (Å²) < 4.78 is 0. The second kappa shape index (κ2) is 4.71. The Hall–Kier alpha value is -1.38. The lowest BCUT2D eigenvalue weighted by Crippen LogP contribution is -2.22. The first-order chi connectivity index (χ1) is 8.86. The molecule has 0 fully saturated rings. The molecule has 0 saturated heterocycles. The smallest absolute Gasteiger partial charge is 0.0614 e. The Morgan fingerprint density at radius 1 is 0.556 bits per heavy atom. The summed E-state index contributed by atoms with van der Waals surface area (Å²) in [4.78, 5) is 2.78. The molecule has 0 aromatic heterocycles. The second-order valence-electron chi connectivity index (χ2n) is 4.16. The maximum Gasteiger partial charge on any atom is 0.239 e. The minimum absolute atomic E-state index is 1.37. The fourth-order valence-corrected chi connectivity index (χ4v) is 4.08. The average molecular weight is 270 g/mol. The summed E-state index contributed by atoms with van der Waals surface area (Å²) in [7, 11) is 0. The molecule has 0 saturated carbocycles. The zero-order chi connectivity index (χ0) is 12.5. The fraction of sp³-hybridized carbons (Fsp3) is 0.125. The Balaban J connectivity index is 2.40. The van der Waals surface area contributed by atoms with E-state index in [1.54, 1.807) is 0 Å². The summed E-state index contributed by atoms with van der Waals surface area (Å²) >= 11 is 3.68. The van der Waals surface area contributed by atoms with Crippen LogP contribution >= 0.6 is 0 Å². The summed E-state index contributed by atoms with van der Waals surface area (Å²) in [5, 5.41) is 0. The van der Waals surface area contributed by atoms with Gasteiger partial charge in [-0.05, 0) is 24.3 Å². The van der Waals surface area contributed by atoms with E-state index in [2.05, 4.69) is 61.0 Å². The van der Waals surface area contributed by atoms with Crippen LogP contribution < -0.4 is 0 Å². The number of benzene rings is 2. The van der Waals surface area contributed by atoms with Gasteiger partial charge in [-0.15, -0.1) is 0 Å². The first kappa shape index (κ1) is 11.7. The minimum atomic E-state index is 1.37. The Labute approximate surface area is 116 Å². The Bertz CT molecular complexity index is 557. The van der Waals surface area contributed by atoms with E-state index in [0.29, 0.717) is 0 Å². The zero-order valence-electron chi connectivity index (χ0n) is 10.4. The van der Waals surface area contributed by atoms with E-state index in [1.807, 2.05) is 22.7 Å². The number of fused-ring (bicyclic) bond motifs is 2. The van der Waals surface area contributed by atoms with Crippen molar-refractivity contribution in [2.24, 2.45) is 0 Å². The number of hydrogen-bond donors (Lipinski definition) is 0. The number of rotatable bonds is 0. The van der Waals surface area contributed by atoms with Crippen LogP contribution in [0.2, 0.25) is 0 Å². The van der Waals surface area contributed by atoms with Crippen molar-refractivity contribution < 1.29 is 0 Å². The van der Waals surface area contributed by atoms with Gasteiger partial charge in [-0.1, -0.05) is 24.3 Å². The van der Waals surface area contributed by atoms with Crippen LogP contribution in [0.25, 0.3) is 0 Å². The van der Waals surface area contributed by atoms with Crippen LogP contribution in [0.1, 0.15) is 22.3 Å². The summed E-state index contributed by atoms with van der Waals surface area (Å²) in [5.74, 6) is 0. The van der Waals surface area contributed by atoms with Crippen LogP contribution in [0, 0.1) is 0 Å². The van der Waals surface area contributed by atoms with Crippen molar-refractivity contribution in [1.82, 2.24) is 0 Å². The highest BCUT2D eigenvalue weighted by Crippen LogP contribution is 2.27. The van der Waals surface area contributed by atoms with E-state index in [0.717, 1.165) is 0 Å². The van der Waals surface area contributed by atoms with Crippen molar-refractivity contribution in [3.05, 3.63) is 70.8 Å². The average Bonchev–Trinajstić information content (AvgIpc) is 2.44. The molecule has 2 aromatic carbocycles. The van der Waals surface area contributed by atoms with E-state index < -0.39 is 0 Å². The van der Waals surface area contributed by atoms with Crippen LogP contribution in [0.4, 0.5) is 0 Å². The van der Waals surface area contributed by atoms with E-state index in [9.17, 15) is 0 Å². The Morgan fingerprint density at radius 2 is 0.833 bits per heavy atom. The largest absolute Gasteiger partial charge is 0.239 e. The summed E-state index contributed by atoms with van der Waals surface area (Å²) in [6.45, 7) is 0. The fourth-order valence-electron chi connectivity index (χ4n) is 2.49. The Morgan fingerprint density at radius 3 is 1.06 bits per heavy atom. The molecular weight excluding hydrogens is 256 g/mol. The van der Waals surface area contributed by atoms with Crippen molar-refractivity contribution in [3.63, 3.8) is 0 Å². The zero-order valence-corrected chi connectivity index (χ0v) is 12.1. The first-order valence-electron chi connectivity index (χ1n) is 5.88. The van der Waals surface area contributed by atoms with Crippen molar-refractivity contribution >= 4 is 32.4 Å².